The molecule has 152 valence electrons. The molecule has 1 aromatic rings. The molecule has 0 radical (unpaired) electrons. The second-order valence-electron chi connectivity index (χ2n) is 7.30. The number of aryl methyl sites for hydroxylation is 1. The van der Waals surface area contributed by atoms with Crippen molar-refractivity contribution in [2.45, 2.75) is 57.9 Å². The zero-order chi connectivity index (χ0) is 20.0. The molecular weight excluding hydrogens is 362 g/mol. The number of amides is 1. The Morgan fingerprint density at radius 3 is 2.33 bits per heavy atom. The lowest BCUT2D eigenvalue weighted by Gasteiger charge is -2.22. The molecule has 0 spiro atoms. The second-order valence-corrected chi connectivity index (χ2v) is 8.98. The first-order chi connectivity index (χ1) is 12.8. The number of carbonyl (C=O) groups excluding carboxylic acids is 1. The van der Waals surface area contributed by atoms with E-state index in [4.69, 9.17) is 0 Å². The van der Waals surface area contributed by atoms with Gasteiger partial charge in [0.2, 0.25) is 10.0 Å². The molecule has 1 heterocycles. The minimum absolute atomic E-state index is 0.105. The van der Waals surface area contributed by atoms with Crippen LogP contribution in [0, 0.1) is 6.92 Å². The van der Waals surface area contributed by atoms with Crippen molar-refractivity contribution in [2.24, 2.45) is 0 Å². The first-order valence-electron chi connectivity index (χ1n) is 9.96. The first-order valence-corrected chi connectivity index (χ1v) is 11.4. The molecule has 6 nitrogen and oxygen atoms in total. The predicted molar refractivity (Wildman–Crippen MR) is 109 cm³/mol. The smallest absolute Gasteiger partial charge is 0.253 e. The summed E-state index contributed by atoms with van der Waals surface area (Å²) in [5, 5.41) is 0. The van der Waals surface area contributed by atoms with Gasteiger partial charge in [-0.25, -0.2) is 13.1 Å². The second kappa shape index (κ2) is 9.66. The van der Waals surface area contributed by atoms with Crippen LogP contribution >= 0.6 is 0 Å². The van der Waals surface area contributed by atoms with Gasteiger partial charge in [0, 0.05) is 44.3 Å². The minimum atomic E-state index is -3.67. The normalized spacial score (nSPS) is 15.6. The van der Waals surface area contributed by atoms with Crippen LogP contribution in [0.25, 0.3) is 0 Å². The van der Waals surface area contributed by atoms with Crippen LogP contribution in [0.15, 0.2) is 23.1 Å². The molecule has 7 heteroatoms. The largest absolute Gasteiger partial charge is 0.339 e. The highest BCUT2D eigenvalue weighted by molar-refractivity contribution is 7.89. The van der Waals surface area contributed by atoms with Crippen molar-refractivity contribution < 1.29 is 13.2 Å². The zero-order valence-corrected chi connectivity index (χ0v) is 17.8. The zero-order valence-electron chi connectivity index (χ0n) is 17.0. The third kappa shape index (κ3) is 6.02. The molecule has 0 bridgehead atoms. The maximum atomic E-state index is 13.0. The lowest BCUT2D eigenvalue weighted by Crippen LogP contribution is -2.39. The molecule has 1 amide bonds. The number of hydrogen-bond donors (Lipinski definition) is 1. The molecule has 0 saturated carbocycles. The summed E-state index contributed by atoms with van der Waals surface area (Å²) in [7, 11) is -3.67. The van der Waals surface area contributed by atoms with Gasteiger partial charge in [0.15, 0.2) is 0 Å². The van der Waals surface area contributed by atoms with Gasteiger partial charge in [-0.3, -0.25) is 9.69 Å². The highest BCUT2D eigenvalue weighted by Crippen LogP contribution is 2.20. The molecule has 1 N–H and O–H groups in total. The summed E-state index contributed by atoms with van der Waals surface area (Å²) in [6.45, 7) is 12.0. The Morgan fingerprint density at radius 1 is 1.19 bits per heavy atom. The van der Waals surface area contributed by atoms with Crippen LogP contribution in [0.1, 0.15) is 56.0 Å². The molecule has 27 heavy (non-hydrogen) atoms. The molecule has 2 rings (SSSR count). The maximum absolute atomic E-state index is 13.0. The van der Waals surface area contributed by atoms with E-state index in [9.17, 15) is 13.2 Å². The van der Waals surface area contributed by atoms with Gasteiger partial charge in [-0.05, 0) is 43.9 Å². The van der Waals surface area contributed by atoms with Crippen LogP contribution < -0.4 is 4.72 Å². The average molecular weight is 396 g/mol. The predicted octanol–water partition coefficient (Wildman–Crippen LogP) is 2.63. The minimum Gasteiger partial charge on any atom is -0.339 e. The van der Waals surface area contributed by atoms with Crippen molar-refractivity contribution in [1.29, 1.82) is 0 Å². The number of carbonyl (C=O) groups is 1. The van der Waals surface area contributed by atoms with Gasteiger partial charge in [0.1, 0.15) is 0 Å². The van der Waals surface area contributed by atoms with E-state index < -0.39 is 10.0 Å². The SMILES string of the molecule is CCCN(CCC)C(=O)c1ccc(C)c(S(=O)(=O)NC(CC)CN2CC2)c1. The van der Waals surface area contributed by atoms with Crippen molar-refractivity contribution in [2.75, 3.05) is 32.7 Å². The van der Waals surface area contributed by atoms with Gasteiger partial charge in [0.25, 0.3) is 5.91 Å². The molecule has 1 atom stereocenters. The van der Waals surface area contributed by atoms with E-state index in [2.05, 4.69) is 9.62 Å². The number of hydrogen-bond acceptors (Lipinski definition) is 4. The van der Waals surface area contributed by atoms with Crippen LogP contribution in [-0.4, -0.2) is 62.9 Å². The lowest BCUT2D eigenvalue weighted by atomic mass is 10.1. The number of nitrogens with one attached hydrogen (secondary N) is 1. The first kappa shape index (κ1) is 21.9. The molecule has 1 unspecified atom stereocenters. The third-order valence-electron chi connectivity index (χ3n) is 4.83. The Bertz CT molecular complexity index is 739. The van der Waals surface area contributed by atoms with Gasteiger partial charge < -0.3 is 4.90 Å². The fourth-order valence-corrected chi connectivity index (χ4v) is 4.74. The Balaban J connectivity index is 2.25. The van der Waals surface area contributed by atoms with Crippen LogP contribution in [-0.2, 0) is 10.0 Å². The molecule has 1 aliphatic heterocycles. The molecule has 0 aliphatic carbocycles. The standard InChI is InChI=1S/C20H33N3O3S/c1-5-10-23(11-6-2)20(24)17-9-8-16(4)19(14-17)27(25,26)21-18(7-3)15-22-12-13-22/h8-9,14,18,21H,5-7,10-13,15H2,1-4H3. The van der Waals surface area contributed by atoms with Gasteiger partial charge in [-0.15, -0.1) is 0 Å². The summed E-state index contributed by atoms with van der Waals surface area (Å²) in [5.74, 6) is -0.105. The van der Waals surface area contributed by atoms with Crippen molar-refractivity contribution in [3.8, 4) is 0 Å². The topological polar surface area (TPSA) is 69.5 Å². The molecular formula is C20H33N3O3S. The summed E-state index contributed by atoms with van der Waals surface area (Å²) < 4.78 is 28.8. The van der Waals surface area contributed by atoms with E-state index in [1.807, 2.05) is 20.8 Å². The van der Waals surface area contributed by atoms with E-state index in [-0.39, 0.29) is 16.8 Å². The van der Waals surface area contributed by atoms with Crippen LogP contribution in [0.3, 0.4) is 0 Å². The Hall–Kier alpha value is -1.44. The number of benzene rings is 1. The summed E-state index contributed by atoms with van der Waals surface area (Å²) in [5.41, 5.74) is 1.08. The van der Waals surface area contributed by atoms with Crippen molar-refractivity contribution in [3.05, 3.63) is 29.3 Å². The highest BCUT2D eigenvalue weighted by atomic mass is 32.2. The number of nitrogens with zero attached hydrogens (tertiary/aromatic N) is 2. The summed E-state index contributed by atoms with van der Waals surface area (Å²) >= 11 is 0. The van der Waals surface area contributed by atoms with Gasteiger partial charge in [0.05, 0.1) is 4.90 Å². The van der Waals surface area contributed by atoms with E-state index in [1.54, 1.807) is 24.0 Å². The fraction of sp³-hybridized carbons (Fsp3) is 0.650. The quantitative estimate of drug-likeness (QED) is 0.585. The molecule has 1 aliphatic rings. The number of sulfonamides is 1. The average Bonchev–Trinajstić information content (AvgIpc) is 3.44. The van der Waals surface area contributed by atoms with Crippen LogP contribution in [0.2, 0.25) is 0 Å². The molecule has 0 aromatic heterocycles. The van der Waals surface area contributed by atoms with E-state index in [1.165, 1.54) is 6.07 Å². The summed E-state index contributed by atoms with van der Waals surface area (Å²) in [4.78, 5) is 17.1. The van der Waals surface area contributed by atoms with Crippen LogP contribution in [0.5, 0.6) is 0 Å². The lowest BCUT2D eigenvalue weighted by molar-refractivity contribution is 0.0755. The van der Waals surface area contributed by atoms with Crippen molar-refractivity contribution in [1.82, 2.24) is 14.5 Å². The van der Waals surface area contributed by atoms with E-state index >= 15 is 0 Å². The van der Waals surface area contributed by atoms with Gasteiger partial charge in [-0.1, -0.05) is 26.8 Å². The Morgan fingerprint density at radius 2 is 1.81 bits per heavy atom. The van der Waals surface area contributed by atoms with Crippen molar-refractivity contribution >= 4 is 15.9 Å². The molecule has 1 aromatic carbocycles. The van der Waals surface area contributed by atoms with Crippen LogP contribution in [0.4, 0.5) is 0 Å². The molecule has 1 saturated heterocycles. The van der Waals surface area contributed by atoms with E-state index in [0.717, 1.165) is 38.9 Å². The number of rotatable bonds is 11. The van der Waals surface area contributed by atoms with Gasteiger partial charge in [-0.2, -0.15) is 0 Å². The highest BCUT2D eigenvalue weighted by Gasteiger charge is 2.27. The molecule has 1 fully saturated rings. The Kier molecular flexibility index (Phi) is 7.82. The third-order valence-corrected chi connectivity index (χ3v) is 6.49. The maximum Gasteiger partial charge on any atom is 0.253 e. The van der Waals surface area contributed by atoms with E-state index in [0.29, 0.717) is 24.2 Å². The Labute approximate surface area is 164 Å². The van der Waals surface area contributed by atoms with Crippen molar-refractivity contribution in [3.63, 3.8) is 0 Å². The summed E-state index contributed by atoms with van der Waals surface area (Å²) in [6, 6.07) is 4.86. The van der Waals surface area contributed by atoms with Gasteiger partial charge >= 0.3 is 0 Å². The fourth-order valence-electron chi connectivity index (χ4n) is 3.16. The summed E-state index contributed by atoms with van der Waals surface area (Å²) in [6.07, 6.45) is 2.48. The monoisotopic (exact) mass is 395 g/mol.